The van der Waals surface area contributed by atoms with Gasteiger partial charge >= 0.3 is 5.97 Å². The third-order valence-electron chi connectivity index (χ3n) is 2.51. The number of nitrogens with zero attached hydrogens (tertiary/aromatic N) is 1. The molecule has 0 aromatic heterocycles. The van der Waals surface area contributed by atoms with Crippen LogP contribution in [0.3, 0.4) is 0 Å². The Morgan fingerprint density at radius 2 is 2.00 bits per heavy atom. The van der Waals surface area contributed by atoms with Crippen molar-refractivity contribution in [3.63, 3.8) is 0 Å². The highest BCUT2D eigenvalue weighted by Gasteiger charge is 2.42. The molecule has 2 rings (SSSR count). The largest absolute Gasteiger partial charge is 0.478 e. The molecule has 0 spiro atoms. The number of oxime groups is 1. The van der Waals surface area contributed by atoms with E-state index < -0.39 is 11.6 Å². The van der Waals surface area contributed by atoms with Gasteiger partial charge in [0.25, 0.3) is 0 Å². The smallest absolute Gasteiger partial charge is 0.351 e. The van der Waals surface area contributed by atoms with E-state index in [1.807, 2.05) is 0 Å². The second kappa shape index (κ2) is 4.20. The fourth-order valence-electron chi connectivity index (χ4n) is 1.53. The van der Waals surface area contributed by atoms with Crippen molar-refractivity contribution < 1.29 is 14.7 Å². The van der Waals surface area contributed by atoms with Crippen LogP contribution in [0.5, 0.6) is 0 Å². The molecule has 17 heavy (non-hydrogen) atoms. The van der Waals surface area contributed by atoms with Gasteiger partial charge in [0, 0.05) is 22.0 Å². The van der Waals surface area contributed by atoms with Crippen molar-refractivity contribution in [1.82, 2.24) is 0 Å². The highest BCUT2D eigenvalue weighted by atomic mass is 35.5. The van der Waals surface area contributed by atoms with Gasteiger partial charge in [-0.05, 0) is 25.1 Å². The predicted octanol–water partition coefficient (Wildman–Crippen LogP) is 2.96. The van der Waals surface area contributed by atoms with Gasteiger partial charge in [-0.3, -0.25) is 0 Å². The summed E-state index contributed by atoms with van der Waals surface area (Å²) in [6.07, 6.45) is 0.180. The zero-order valence-corrected chi connectivity index (χ0v) is 10.4. The topological polar surface area (TPSA) is 58.9 Å². The molecular weight excluding hydrogens is 265 g/mol. The Morgan fingerprint density at radius 1 is 1.41 bits per heavy atom. The predicted molar refractivity (Wildman–Crippen MR) is 64.7 cm³/mol. The highest BCUT2D eigenvalue weighted by Crippen LogP contribution is 2.29. The third kappa shape index (κ3) is 2.37. The molecule has 0 radical (unpaired) electrons. The van der Waals surface area contributed by atoms with Crippen LogP contribution in [0.2, 0.25) is 10.0 Å². The van der Waals surface area contributed by atoms with Crippen LogP contribution in [-0.2, 0) is 9.63 Å². The first-order valence-corrected chi connectivity index (χ1v) is 5.61. The van der Waals surface area contributed by atoms with Crippen molar-refractivity contribution in [1.29, 1.82) is 0 Å². The van der Waals surface area contributed by atoms with Crippen molar-refractivity contribution in [3.05, 3.63) is 33.8 Å². The number of carbonyl (C=O) groups is 1. The van der Waals surface area contributed by atoms with Gasteiger partial charge in [0.1, 0.15) is 0 Å². The molecule has 0 saturated heterocycles. The number of carboxylic acid groups (broad SMARTS) is 1. The number of hydrogen-bond acceptors (Lipinski definition) is 3. The summed E-state index contributed by atoms with van der Waals surface area (Å²) >= 11 is 11.7. The Balaban J connectivity index is 2.29. The van der Waals surface area contributed by atoms with Gasteiger partial charge in [-0.15, -0.1) is 0 Å². The Kier molecular flexibility index (Phi) is 3.02. The number of halogens is 2. The Bertz CT molecular complexity index is 495. The maximum atomic E-state index is 11.0. The summed E-state index contributed by atoms with van der Waals surface area (Å²) in [4.78, 5) is 15.9. The molecule has 1 aromatic rings. The van der Waals surface area contributed by atoms with Gasteiger partial charge in [-0.2, -0.15) is 0 Å². The van der Waals surface area contributed by atoms with E-state index in [2.05, 4.69) is 5.16 Å². The molecule has 90 valence electrons. The molecule has 1 unspecified atom stereocenters. The van der Waals surface area contributed by atoms with Gasteiger partial charge in [0.15, 0.2) is 0 Å². The van der Waals surface area contributed by atoms with Crippen molar-refractivity contribution in [3.8, 4) is 0 Å². The molecule has 0 amide bonds. The van der Waals surface area contributed by atoms with Crippen LogP contribution in [0.25, 0.3) is 0 Å². The lowest BCUT2D eigenvalue weighted by molar-refractivity contribution is -0.160. The lowest BCUT2D eigenvalue weighted by Crippen LogP contribution is -2.35. The summed E-state index contributed by atoms with van der Waals surface area (Å²) in [5.74, 6) is -1.05. The molecule has 0 bridgehead atoms. The number of hydrogen-bond donors (Lipinski definition) is 1. The summed E-state index contributed by atoms with van der Waals surface area (Å²) in [5, 5.41) is 13.7. The number of rotatable bonds is 2. The first kappa shape index (κ1) is 12.2. The van der Waals surface area contributed by atoms with Crippen LogP contribution in [-0.4, -0.2) is 22.4 Å². The van der Waals surface area contributed by atoms with E-state index in [-0.39, 0.29) is 6.42 Å². The highest BCUT2D eigenvalue weighted by molar-refractivity contribution is 6.35. The number of benzene rings is 1. The van der Waals surface area contributed by atoms with E-state index in [1.54, 1.807) is 18.2 Å². The summed E-state index contributed by atoms with van der Waals surface area (Å²) in [5.41, 5.74) is -0.115. The third-order valence-corrected chi connectivity index (χ3v) is 2.95. The molecule has 0 saturated carbocycles. The molecular formula is C11H9Cl2NO3. The second-order valence-electron chi connectivity index (χ2n) is 4.00. The minimum absolute atomic E-state index is 0.180. The van der Waals surface area contributed by atoms with E-state index in [9.17, 15) is 4.79 Å². The van der Waals surface area contributed by atoms with Gasteiger partial charge in [-0.25, -0.2) is 4.79 Å². The molecule has 1 atom stereocenters. The van der Waals surface area contributed by atoms with E-state index in [4.69, 9.17) is 33.1 Å². The van der Waals surface area contributed by atoms with Crippen LogP contribution >= 0.6 is 23.2 Å². The van der Waals surface area contributed by atoms with E-state index in [1.165, 1.54) is 6.92 Å². The quantitative estimate of drug-likeness (QED) is 0.901. The lowest BCUT2D eigenvalue weighted by Gasteiger charge is -2.14. The number of aliphatic carboxylic acids is 1. The SMILES string of the molecule is CC1(C(=O)O)CC(c2cc(Cl)cc(Cl)c2)=NO1. The van der Waals surface area contributed by atoms with Gasteiger partial charge in [0.2, 0.25) is 5.60 Å². The molecule has 1 aliphatic heterocycles. The van der Waals surface area contributed by atoms with Crippen LogP contribution in [0.1, 0.15) is 18.9 Å². The summed E-state index contributed by atoms with van der Waals surface area (Å²) in [7, 11) is 0. The average Bonchev–Trinajstić information content (AvgIpc) is 2.61. The van der Waals surface area contributed by atoms with Crippen LogP contribution in [0.4, 0.5) is 0 Å². The fraction of sp³-hybridized carbons (Fsp3) is 0.273. The zero-order chi connectivity index (χ0) is 12.6. The molecule has 0 fully saturated rings. The fourth-order valence-corrected chi connectivity index (χ4v) is 2.06. The zero-order valence-electron chi connectivity index (χ0n) is 8.91. The van der Waals surface area contributed by atoms with Crippen molar-refractivity contribution in [2.75, 3.05) is 0 Å². The standard InChI is InChI=1S/C11H9Cl2NO3/c1-11(10(15)16)5-9(14-17-11)6-2-7(12)4-8(13)3-6/h2-4H,5H2,1H3,(H,15,16). The summed E-state index contributed by atoms with van der Waals surface area (Å²) < 4.78 is 0. The minimum Gasteiger partial charge on any atom is -0.478 e. The van der Waals surface area contributed by atoms with Crippen LogP contribution in [0, 0.1) is 0 Å². The number of carboxylic acids is 1. The Morgan fingerprint density at radius 3 is 2.47 bits per heavy atom. The molecule has 4 nitrogen and oxygen atoms in total. The molecule has 1 heterocycles. The van der Waals surface area contributed by atoms with E-state index in [0.717, 1.165) is 0 Å². The normalized spacial score (nSPS) is 23.1. The Hall–Kier alpha value is -1.26. The lowest BCUT2D eigenvalue weighted by atomic mass is 9.96. The molecule has 6 heteroatoms. The summed E-state index contributed by atoms with van der Waals surface area (Å²) in [6.45, 7) is 1.47. The summed E-state index contributed by atoms with van der Waals surface area (Å²) in [6, 6.07) is 4.94. The molecule has 0 aliphatic carbocycles. The first-order chi connectivity index (χ1) is 7.90. The van der Waals surface area contributed by atoms with E-state index in [0.29, 0.717) is 21.3 Å². The molecule has 1 aromatic carbocycles. The van der Waals surface area contributed by atoms with Crippen molar-refractivity contribution in [2.45, 2.75) is 18.9 Å². The van der Waals surface area contributed by atoms with Crippen molar-refractivity contribution >= 4 is 34.9 Å². The van der Waals surface area contributed by atoms with E-state index >= 15 is 0 Å². The molecule has 1 aliphatic rings. The average molecular weight is 274 g/mol. The van der Waals surface area contributed by atoms with Gasteiger partial charge in [0.05, 0.1) is 5.71 Å². The van der Waals surface area contributed by atoms with Crippen LogP contribution in [0.15, 0.2) is 23.4 Å². The maximum Gasteiger partial charge on any atom is 0.351 e. The maximum absolute atomic E-state index is 11.0. The minimum atomic E-state index is -1.32. The Labute approximate surface area is 108 Å². The van der Waals surface area contributed by atoms with Crippen LogP contribution < -0.4 is 0 Å². The monoisotopic (exact) mass is 273 g/mol. The first-order valence-electron chi connectivity index (χ1n) is 4.86. The van der Waals surface area contributed by atoms with Gasteiger partial charge < -0.3 is 9.94 Å². The van der Waals surface area contributed by atoms with Crippen molar-refractivity contribution in [2.24, 2.45) is 5.16 Å². The molecule has 1 N–H and O–H groups in total. The second-order valence-corrected chi connectivity index (χ2v) is 4.87. The van der Waals surface area contributed by atoms with Gasteiger partial charge in [-0.1, -0.05) is 28.4 Å².